The van der Waals surface area contributed by atoms with Crippen LogP contribution in [0.15, 0.2) is 24.3 Å². The van der Waals surface area contributed by atoms with Gasteiger partial charge in [0.25, 0.3) is 0 Å². The van der Waals surface area contributed by atoms with Crippen LogP contribution >= 0.6 is 0 Å². The molecule has 0 aliphatic heterocycles. The lowest BCUT2D eigenvalue weighted by Gasteiger charge is -2.18. The van der Waals surface area contributed by atoms with Crippen LogP contribution in [0.1, 0.15) is 63.0 Å². The Balaban J connectivity index is 2.99. The highest BCUT2D eigenvalue weighted by Gasteiger charge is 2.13. The zero-order valence-electron chi connectivity index (χ0n) is 12.3. The van der Waals surface area contributed by atoms with Crippen LogP contribution in [0, 0.1) is 0 Å². The molecule has 0 heterocycles. The van der Waals surface area contributed by atoms with E-state index < -0.39 is 5.97 Å². The molecule has 0 bridgehead atoms. The van der Waals surface area contributed by atoms with Crippen LogP contribution in [0.5, 0.6) is 5.75 Å². The minimum atomic E-state index is -0.956. The van der Waals surface area contributed by atoms with Gasteiger partial charge in [-0.3, -0.25) is 0 Å². The highest BCUT2D eigenvalue weighted by Crippen LogP contribution is 2.31. The summed E-state index contributed by atoms with van der Waals surface area (Å²) >= 11 is 0. The minimum Gasteiger partial charge on any atom is -0.508 e. The van der Waals surface area contributed by atoms with Crippen LogP contribution < -0.4 is 0 Å². The zero-order valence-corrected chi connectivity index (χ0v) is 12.3. The average molecular weight is 276 g/mol. The first-order chi connectivity index (χ1) is 9.58. The van der Waals surface area contributed by atoms with Gasteiger partial charge in [0, 0.05) is 6.08 Å². The van der Waals surface area contributed by atoms with Crippen molar-refractivity contribution in [1.82, 2.24) is 0 Å². The van der Waals surface area contributed by atoms with Gasteiger partial charge in [-0.05, 0) is 48.1 Å². The van der Waals surface area contributed by atoms with Gasteiger partial charge in [0.05, 0.1) is 0 Å². The van der Waals surface area contributed by atoms with Crippen LogP contribution in [-0.4, -0.2) is 16.2 Å². The molecule has 3 nitrogen and oxygen atoms in total. The number of hydrogen-bond donors (Lipinski definition) is 2. The van der Waals surface area contributed by atoms with Gasteiger partial charge in [0.2, 0.25) is 0 Å². The Hall–Kier alpha value is -1.77. The van der Waals surface area contributed by atoms with E-state index in [1.165, 1.54) is 12.8 Å². The Kier molecular flexibility index (Phi) is 6.85. The molecule has 0 aliphatic rings. The van der Waals surface area contributed by atoms with E-state index in [1.807, 2.05) is 0 Å². The Labute approximate surface area is 121 Å². The van der Waals surface area contributed by atoms with Crippen molar-refractivity contribution in [2.75, 3.05) is 0 Å². The molecular weight excluding hydrogens is 252 g/mol. The van der Waals surface area contributed by atoms with Gasteiger partial charge in [0.1, 0.15) is 5.75 Å². The van der Waals surface area contributed by atoms with Gasteiger partial charge < -0.3 is 10.2 Å². The summed E-state index contributed by atoms with van der Waals surface area (Å²) < 4.78 is 0. The molecule has 1 aromatic rings. The molecule has 0 amide bonds. The van der Waals surface area contributed by atoms with Crippen molar-refractivity contribution < 1.29 is 15.0 Å². The number of phenolic OH excluding ortho intramolecular Hbond substituents is 1. The molecule has 110 valence electrons. The molecule has 3 heteroatoms. The number of benzene rings is 1. The second-order valence-corrected chi connectivity index (χ2v) is 5.09. The summed E-state index contributed by atoms with van der Waals surface area (Å²) in [4.78, 5) is 10.7. The first-order valence-corrected chi connectivity index (χ1v) is 7.32. The monoisotopic (exact) mass is 276 g/mol. The smallest absolute Gasteiger partial charge is 0.328 e. The molecule has 0 radical (unpaired) electrons. The van der Waals surface area contributed by atoms with Gasteiger partial charge in [0.15, 0.2) is 0 Å². The molecular formula is C17H24O3. The summed E-state index contributed by atoms with van der Waals surface area (Å²) in [5.74, 6) is -0.355. The largest absolute Gasteiger partial charge is 0.508 e. The number of carbonyl (C=O) groups is 1. The second kappa shape index (κ2) is 8.41. The van der Waals surface area contributed by atoms with Crippen LogP contribution in [0.2, 0.25) is 0 Å². The zero-order chi connectivity index (χ0) is 15.0. The van der Waals surface area contributed by atoms with Gasteiger partial charge >= 0.3 is 5.97 Å². The number of phenols is 1. The van der Waals surface area contributed by atoms with Crippen molar-refractivity contribution in [3.63, 3.8) is 0 Å². The summed E-state index contributed by atoms with van der Waals surface area (Å²) in [6, 6.07) is 5.15. The third-order valence-corrected chi connectivity index (χ3v) is 3.56. The topological polar surface area (TPSA) is 57.5 Å². The molecule has 0 fully saturated rings. The van der Waals surface area contributed by atoms with E-state index in [0.29, 0.717) is 5.92 Å². The minimum absolute atomic E-state index is 0.237. The van der Waals surface area contributed by atoms with Crippen molar-refractivity contribution in [2.45, 2.75) is 51.9 Å². The summed E-state index contributed by atoms with van der Waals surface area (Å²) in [5.41, 5.74) is 1.93. The summed E-state index contributed by atoms with van der Waals surface area (Å²) in [6.45, 7) is 4.31. The fourth-order valence-electron chi connectivity index (χ4n) is 2.45. The number of carboxylic acid groups (broad SMARTS) is 1. The van der Waals surface area contributed by atoms with Gasteiger partial charge in [-0.25, -0.2) is 4.79 Å². The van der Waals surface area contributed by atoms with Crippen molar-refractivity contribution in [3.8, 4) is 5.75 Å². The molecule has 2 N–H and O–H groups in total. The van der Waals surface area contributed by atoms with Crippen LogP contribution in [0.25, 0.3) is 6.08 Å². The predicted octanol–water partition coefficient (Wildman–Crippen LogP) is 4.56. The molecule has 0 aromatic heterocycles. The van der Waals surface area contributed by atoms with E-state index in [4.69, 9.17) is 5.11 Å². The maximum atomic E-state index is 10.7. The SMILES string of the molecule is CCCCCC(CC)c1cc(O)ccc1C=CC(=O)O. The van der Waals surface area contributed by atoms with E-state index in [0.717, 1.165) is 36.5 Å². The summed E-state index contributed by atoms with van der Waals surface area (Å²) in [5, 5.41) is 18.4. The summed E-state index contributed by atoms with van der Waals surface area (Å²) in [7, 11) is 0. The first kappa shape index (κ1) is 16.3. The lowest BCUT2D eigenvalue weighted by Crippen LogP contribution is -2.00. The van der Waals surface area contributed by atoms with Gasteiger partial charge in [-0.1, -0.05) is 39.2 Å². The lowest BCUT2D eigenvalue weighted by atomic mass is 9.87. The van der Waals surface area contributed by atoms with Crippen LogP contribution in [0.3, 0.4) is 0 Å². The number of aromatic hydroxyl groups is 1. The Morgan fingerprint density at radius 2 is 2.05 bits per heavy atom. The van der Waals surface area contributed by atoms with E-state index >= 15 is 0 Å². The average Bonchev–Trinajstić information content (AvgIpc) is 2.42. The van der Waals surface area contributed by atoms with Crippen molar-refractivity contribution in [3.05, 3.63) is 35.4 Å². The molecule has 0 saturated carbocycles. The first-order valence-electron chi connectivity index (χ1n) is 7.32. The van der Waals surface area contributed by atoms with Crippen molar-refractivity contribution >= 4 is 12.0 Å². The number of unbranched alkanes of at least 4 members (excludes halogenated alkanes) is 2. The van der Waals surface area contributed by atoms with E-state index in [-0.39, 0.29) is 5.75 Å². The molecule has 1 rings (SSSR count). The second-order valence-electron chi connectivity index (χ2n) is 5.09. The highest BCUT2D eigenvalue weighted by molar-refractivity contribution is 5.85. The lowest BCUT2D eigenvalue weighted by molar-refractivity contribution is -0.131. The Bertz CT molecular complexity index is 463. The standard InChI is InChI=1S/C17H24O3/c1-3-5-6-7-13(4-2)16-12-15(18)10-8-14(16)9-11-17(19)20/h8-13,18H,3-7H2,1-2H3,(H,19,20). The number of aliphatic carboxylic acids is 1. The fraction of sp³-hybridized carbons (Fsp3) is 0.471. The van der Waals surface area contributed by atoms with E-state index in [2.05, 4.69) is 13.8 Å². The van der Waals surface area contributed by atoms with E-state index in [1.54, 1.807) is 24.3 Å². The molecule has 0 aliphatic carbocycles. The molecule has 1 atom stereocenters. The molecule has 0 spiro atoms. The number of carboxylic acids is 1. The van der Waals surface area contributed by atoms with Crippen molar-refractivity contribution in [2.24, 2.45) is 0 Å². The van der Waals surface area contributed by atoms with E-state index in [9.17, 15) is 9.90 Å². The van der Waals surface area contributed by atoms with Gasteiger partial charge in [-0.2, -0.15) is 0 Å². The molecule has 1 aromatic carbocycles. The van der Waals surface area contributed by atoms with Crippen LogP contribution in [0.4, 0.5) is 0 Å². The number of hydrogen-bond acceptors (Lipinski definition) is 2. The predicted molar refractivity (Wildman–Crippen MR) is 82.0 cm³/mol. The normalized spacial score (nSPS) is 12.7. The Morgan fingerprint density at radius 3 is 2.65 bits per heavy atom. The highest BCUT2D eigenvalue weighted by atomic mass is 16.4. The van der Waals surface area contributed by atoms with Crippen LogP contribution in [-0.2, 0) is 4.79 Å². The van der Waals surface area contributed by atoms with Gasteiger partial charge in [-0.15, -0.1) is 0 Å². The van der Waals surface area contributed by atoms with Crippen molar-refractivity contribution in [1.29, 1.82) is 0 Å². The fourth-order valence-corrected chi connectivity index (χ4v) is 2.45. The Morgan fingerprint density at radius 1 is 1.30 bits per heavy atom. The third-order valence-electron chi connectivity index (χ3n) is 3.56. The maximum Gasteiger partial charge on any atom is 0.328 e. The number of rotatable bonds is 8. The quantitative estimate of drug-likeness (QED) is 0.540. The molecule has 1 unspecified atom stereocenters. The third kappa shape index (κ3) is 5.08. The molecule has 0 saturated heterocycles. The maximum absolute atomic E-state index is 10.7. The molecule has 20 heavy (non-hydrogen) atoms. The summed E-state index contributed by atoms with van der Waals surface area (Å²) in [6.07, 6.45) is 8.36.